The summed E-state index contributed by atoms with van der Waals surface area (Å²) in [5.41, 5.74) is 0. The van der Waals surface area contributed by atoms with E-state index in [9.17, 15) is 4.79 Å². The fourth-order valence-corrected chi connectivity index (χ4v) is 2.91. The van der Waals surface area contributed by atoms with Crippen LogP contribution in [0.15, 0.2) is 0 Å². The van der Waals surface area contributed by atoms with E-state index in [0.717, 1.165) is 29.5 Å². The molecule has 1 unspecified atom stereocenters. The van der Waals surface area contributed by atoms with Crippen LogP contribution in [0.25, 0.3) is 0 Å². The standard InChI is InChI=1S/C12H19N5O2S/c1-13-12-16-15-10(20-12)6-17-4-5-19-7-9(17)11(18)14-8-2-3-8/h8-9H,2-7H2,1H3,(H,13,16)(H,14,18). The number of aromatic nitrogens is 2. The molecule has 1 saturated heterocycles. The number of rotatable bonds is 5. The Labute approximate surface area is 121 Å². The first-order valence-corrected chi connectivity index (χ1v) is 7.70. The van der Waals surface area contributed by atoms with Gasteiger partial charge in [-0.25, -0.2) is 0 Å². The number of carbonyl (C=O) groups is 1. The fraction of sp³-hybridized carbons (Fsp3) is 0.750. The number of morpholine rings is 1. The van der Waals surface area contributed by atoms with Gasteiger partial charge < -0.3 is 15.4 Å². The van der Waals surface area contributed by atoms with Gasteiger partial charge in [-0.15, -0.1) is 10.2 Å². The Balaban J connectivity index is 1.63. The molecular formula is C12H19N5O2S. The maximum absolute atomic E-state index is 12.2. The highest BCUT2D eigenvalue weighted by Crippen LogP contribution is 2.21. The van der Waals surface area contributed by atoms with Crippen LogP contribution in [0.5, 0.6) is 0 Å². The van der Waals surface area contributed by atoms with Crippen LogP contribution < -0.4 is 10.6 Å². The number of anilines is 1. The van der Waals surface area contributed by atoms with Crippen molar-refractivity contribution in [3.63, 3.8) is 0 Å². The molecule has 0 aromatic carbocycles. The highest BCUT2D eigenvalue weighted by Gasteiger charge is 2.33. The highest BCUT2D eigenvalue weighted by molar-refractivity contribution is 7.15. The number of ether oxygens (including phenoxy) is 1. The molecule has 7 nitrogen and oxygen atoms in total. The van der Waals surface area contributed by atoms with E-state index in [1.54, 1.807) is 0 Å². The lowest BCUT2D eigenvalue weighted by molar-refractivity contribution is -0.133. The molecule has 8 heteroatoms. The van der Waals surface area contributed by atoms with Crippen LogP contribution in [0.4, 0.5) is 5.13 Å². The van der Waals surface area contributed by atoms with E-state index in [0.29, 0.717) is 25.8 Å². The molecule has 1 aromatic heterocycles. The predicted octanol–water partition coefficient (Wildman–Crippen LogP) is 0.0592. The Morgan fingerprint density at radius 3 is 3.05 bits per heavy atom. The average molecular weight is 297 g/mol. The average Bonchev–Trinajstić information content (AvgIpc) is 3.16. The molecule has 20 heavy (non-hydrogen) atoms. The number of nitrogens with one attached hydrogen (secondary N) is 2. The maximum Gasteiger partial charge on any atom is 0.239 e. The molecule has 1 saturated carbocycles. The Hall–Kier alpha value is -1.25. The zero-order valence-electron chi connectivity index (χ0n) is 11.5. The first kappa shape index (κ1) is 13.7. The van der Waals surface area contributed by atoms with Gasteiger partial charge >= 0.3 is 0 Å². The first-order valence-electron chi connectivity index (χ1n) is 6.88. The molecule has 1 aliphatic carbocycles. The van der Waals surface area contributed by atoms with Crippen molar-refractivity contribution in [3.05, 3.63) is 5.01 Å². The van der Waals surface area contributed by atoms with Crippen LogP contribution in [0.2, 0.25) is 0 Å². The molecule has 0 spiro atoms. The molecule has 2 fully saturated rings. The van der Waals surface area contributed by atoms with Gasteiger partial charge in [-0.1, -0.05) is 11.3 Å². The van der Waals surface area contributed by atoms with Gasteiger partial charge in [0.2, 0.25) is 11.0 Å². The second-order valence-corrected chi connectivity index (χ2v) is 6.16. The number of nitrogens with zero attached hydrogens (tertiary/aromatic N) is 3. The largest absolute Gasteiger partial charge is 0.378 e. The van der Waals surface area contributed by atoms with E-state index in [1.807, 2.05) is 7.05 Å². The fourth-order valence-electron chi connectivity index (χ4n) is 2.19. The number of carbonyl (C=O) groups excluding carboxylic acids is 1. The van der Waals surface area contributed by atoms with Crippen molar-refractivity contribution in [2.24, 2.45) is 0 Å². The minimum atomic E-state index is -0.216. The monoisotopic (exact) mass is 297 g/mol. The lowest BCUT2D eigenvalue weighted by Gasteiger charge is -2.33. The van der Waals surface area contributed by atoms with E-state index < -0.39 is 0 Å². The second-order valence-electron chi connectivity index (χ2n) is 5.10. The lowest BCUT2D eigenvalue weighted by Crippen LogP contribution is -2.53. The molecular weight excluding hydrogens is 278 g/mol. The highest BCUT2D eigenvalue weighted by atomic mass is 32.1. The van der Waals surface area contributed by atoms with E-state index >= 15 is 0 Å². The van der Waals surface area contributed by atoms with Crippen LogP contribution in [0, 0.1) is 0 Å². The van der Waals surface area contributed by atoms with Crippen molar-refractivity contribution in [1.82, 2.24) is 20.4 Å². The van der Waals surface area contributed by atoms with Crippen molar-refractivity contribution in [2.75, 3.05) is 32.1 Å². The predicted molar refractivity (Wildman–Crippen MR) is 75.6 cm³/mol. The normalized spacial score (nSPS) is 23.6. The topological polar surface area (TPSA) is 79.4 Å². The summed E-state index contributed by atoms with van der Waals surface area (Å²) in [5.74, 6) is 0.0746. The van der Waals surface area contributed by atoms with Crippen LogP contribution in [-0.2, 0) is 16.1 Å². The summed E-state index contributed by atoms with van der Waals surface area (Å²) in [6, 6.07) is 0.162. The van der Waals surface area contributed by atoms with Crippen molar-refractivity contribution >= 4 is 22.4 Å². The Kier molecular flexibility index (Phi) is 4.13. The summed E-state index contributed by atoms with van der Waals surface area (Å²) in [7, 11) is 1.82. The van der Waals surface area contributed by atoms with Gasteiger partial charge in [0.05, 0.1) is 19.8 Å². The van der Waals surface area contributed by atoms with E-state index in [2.05, 4.69) is 25.7 Å². The summed E-state index contributed by atoms with van der Waals surface area (Å²) in [5, 5.41) is 15.9. The zero-order valence-corrected chi connectivity index (χ0v) is 12.3. The number of hydrogen-bond donors (Lipinski definition) is 2. The number of hydrogen-bond acceptors (Lipinski definition) is 7. The van der Waals surface area contributed by atoms with Gasteiger partial charge in [0.1, 0.15) is 11.0 Å². The smallest absolute Gasteiger partial charge is 0.239 e. The Bertz CT molecular complexity index is 476. The summed E-state index contributed by atoms with van der Waals surface area (Å²) in [6.45, 7) is 2.50. The molecule has 1 amide bonds. The Morgan fingerprint density at radius 1 is 1.50 bits per heavy atom. The first-order chi connectivity index (χ1) is 9.76. The maximum atomic E-state index is 12.2. The van der Waals surface area contributed by atoms with Crippen molar-refractivity contribution in [2.45, 2.75) is 31.5 Å². The van der Waals surface area contributed by atoms with Gasteiger partial charge in [0.25, 0.3) is 0 Å². The molecule has 110 valence electrons. The summed E-state index contributed by atoms with van der Waals surface area (Å²) in [4.78, 5) is 14.4. The van der Waals surface area contributed by atoms with Crippen LogP contribution >= 0.6 is 11.3 Å². The minimum Gasteiger partial charge on any atom is -0.378 e. The van der Waals surface area contributed by atoms with Crippen LogP contribution in [0.1, 0.15) is 17.8 Å². The lowest BCUT2D eigenvalue weighted by atomic mass is 10.2. The van der Waals surface area contributed by atoms with Gasteiger partial charge in [-0.05, 0) is 12.8 Å². The molecule has 2 aliphatic rings. The third kappa shape index (κ3) is 3.25. The molecule has 2 N–H and O–H groups in total. The molecule has 0 bridgehead atoms. The second kappa shape index (κ2) is 6.02. The quantitative estimate of drug-likeness (QED) is 0.800. The third-order valence-corrected chi connectivity index (χ3v) is 4.41. The van der Waals surface area contributed by atoms with Gasteiger partial charge in [0, 0.05) is 19.6 Å². The number of amides is 1. The summed E-state index contributed by atoms with van der Waals surface area (Å²) >= 11 is 1.52. The molecule has 3 rings (SSSR count). The van der Waals surface area contributed by atoms with Crippen molar-refractivity contribution in [1.29, 1.82) is 0 Å². The van der Waals surface area contributed by atoms with Crippen LogP contribution in [0.3, 0.4) is 0 Å². The van der Waals surface area contributed by atoms with Crippen molar-refractivity contribution < 1.29 is 9.53 Å². The molecule has 1 atom stereocenters. The van der Waals surface area contributed by atoms with Gasteiger partial charge in [0.15, 0.2) is 0 Å². The van der Waals surface area contributed by atoms with E-state index in [1.165, 1.54) is 11.3 Å². The molecule has 2 heterocycles. The molecule has 1 aliphatic heterocycles. The molecule has 1 aromatic rings. The van der Waals surface area contributed by atoms with Gasteiger partial charge in [-0.3, -0.25) is 9.69 Å². The van der Waals surface area contributed by atoms with Crippen molar-refractivity contribution in [3.8, 4) is 0 Å². The van der Waals surface area contributed by atoms with E-state index in [-0.39, 0.29) is 11.9 Å². The minimum absolute atomic E-state index is 0.0746. The van der Waals surface area contributed by atoms with E-state index in [4.69, 9.17) is 4.74 Å². The summed E-state index contributed by atoms with van der Waals surface area (Å²) < 4.78 is 5.45. The molecule has 0 radical (unpaired) electrons. The SMILES string of the molecule is CNc1nnc(CN2CCOCC2C(=O)NC2CC2)s1. The summed E-state index contributed by atoms with van der Waals surface area (Å²) in [6.07, 6.45) is 2.20. The Morgan fingerprint density at radius 2 is 2.35 bits per heavy atom. The van der Waals surface area contributed by atoms with Gasteiger partial charge in [-0.2, -0.15) is 0 Å². The zero-order chi connectivity index (χ0) is 13.9. The third-order valence-electron chi connectivity index (χ3n) is 3.48. The van der Waals surface area contributed by atoms with Crippen LogP contribution in [-0.4, -0.2) is 59.9 Å².